The van der Waals surface area contributed by atoms with Gasteiger partial charge < -0.3 is 16.0 Å². The average Bonchev–Trinajstić information content (AvgIpc) is 3.22. The molecule has 1 aliphatic heterocycles. The molecule has 0 bridgehead atoms. The fourth-order valence-corrected chi connectivity index (χ4v) is 4.05. The zero-order chi connectivity index (χ0) is 17.3. The van der Waals surface area contributed by atoms with Crippen molar-refractivity contribution < 1.29 is 9.59 Å². The van der Waals surface area contributed by atoms with Gasteiger partial charge in [0.2, 0.25) is 11.8 Å². The summed E-state index contributed by atoms with van der Waals surface area (Å²) in [5.41, 5.74) is 4.32. The van der Waals surface area contributed by atoms with E-state index in [9.17, 15) is 9.59 Å². The topological polar surface area (TPSA) is 70.2 Å². The molecule has 1 aliphatic carbocycles. The van der Waals surface area contributed by atoms with Crippen LogP contribution in [0, 0.1) is 32.1 Å². The van der Waals surface area contributed by atoms with Crippen molar-refractivity contribution in [2.45, 2.75) is 40.0 Å². The van der Waals surface area contributed by atoms with E-state index < -0.39 is 0 Å². The lowest BCUT2D eigenvalue weighted by Crippen LogP contribution is -2.37. The number of rotatable bonds is 4. The minimum atomic E-state index is -0.168. The van der Waals surface area contributed by atoms with E-state index in [-0.39, 0.29) is 29.7 Å². The molecular formula is C19H27N3O2. The largest absolute Gasteiger partial charge is 0.347 e. The smallest absolute Gasteiger partial charge is 0.243 e. The van der Waals surface area contributed by atoms with Gasteiger partial charge in [0.15, 0.2) is 0 Å². The fraction of sp³-hybridized carbons (Fsp3) is 0.579. The van der Waals surface area contributed by atoms with Crippen molar-refractivity contribution in [1.29, 1.82) is 0 Å². The molecular weight excluding hydrogens is 302 g/mol. The summed E-state index contributed by atoms with van der Waals surface area (Å²) in [5.74, 6) is -0.0435. The van der Waals surface area contributed by atoms with E-state index in [0.717, 1.165) is 49.2 Å². The second-order valence-corrected chi connectivity index (χ2v) is 7.41. The molecule has 1 aromatic rings. The summed E-state index contributed by atoms with van der Waals surface area (Å²) in [6.45, 7) is 8.04. The molecule has 1 spiro atoms. The summed E-state index contributed by atoms with van der Waals surface area (Å²) in [7, 11) is 0. The van der Waals surface area contributed by atoms with Crippen LogP contribution in [0.5, 0.6) is 0 Å². The Morgan fingerprint density at radius 3 is 2.42 bits per heavy atom. The van der Waals surface area contributed by atoms with Gasteiger partial charge in [-0.15, -0.1) is 0 Å². The summed E-state index contributed by atoms with van der Waals surface area (Å²) in [6, 6.07) is 4.10. The molecule has 0 aromatic heterocycles. The quantitative estimate of drug-likeness (QED) is 0.792. The normalized spacial score (nSPS) is 21.4. The molecule has 2 aliphatic rings. The van der Waals surface area contributed by atoms with Crippen LogP contribution in [0.2, 0.25) is 0 Å². The second kappa shape index (κ2) is 6.55. The zero-order valence-corrected chi connectivity index (χ0v) is 14.8. The molecule has 130 valence electrons. The summed E-state index contributed by atoms with van der Waals surface area (Å²) >= 11 is 0. The SMILES string of the molecule is Cc1cc(C)c(NC(=O)CNC(=O)C2CC23CCNCC3)c(C)c1. The van der Waals surface area contributed by atoms with E-state index in [1.54, 1.807) is 0 Å². The maximum absolute atomic E-state index is 12.3. The minimum absolute atomic E-state index is 0.0319. The monoisotopic (exact) mass is 329 g/mol. The molecule has 1 aromatic carbocycles. The first-order valence-corrected chi connectivity index (χ1v) is 8.77. The van der Waals surface area contributed by atoms with Crippen molar-refractivity contribution in [3.05, 3.63) is 28.8 Å². The lowest BCUT2D eigenvalue weighted by Gasteiger charge is -2.23. The van der Waals surface area contributed by atoms with E-state index in [2.05, 4.69) is 16.0 Å². The predicted molar refractivity (Wildman–Crippen MR) is 94.9 cm³/mol. The fourth-order valence-electron chi connectivity index (χ4n) is 4.05. The molecule has 1 atom stereocenters. The summed E-state index contributed by atoms with van der Waals surface area (Å²) < 4.78 is 0. The Morgan fingerprint density at radius 2 is 1.79 bits per heavy atom. The van der Waals surface area contributed by atoms with Crippen molar-refractivity contribution in [2.24, 2.45) is 11.3 Å². The van der Waals surface area contributed by atoms with Gasteiger partial charge >= 0.3 is 0 Å². The number of carbonyl (C=O) groups excluding carboxylic acids is 2. The van der Waals surface area contributed by atoms with E-state index in [1.165, 1.54) is 5.56 Å². The molecule has 1 saturated heterocycles. The van der Waals surface area contributed by atoms with Crippen LogP contribution in [0.1, 0.15) is 36.0 Å². The Labute approximate surface area is 143 Å². The molecule has 24 heavy (non-hydrogen) atoms. The number of hydrogen-bond acceptors (Lipinski definition) is 3. The summed E-state index contributed by atoms with van der Waals surface area (Å²) in [4.78, 5) is 24.5. The van der Waals surface area contributed by atoms with Crippen LogP contribution in [0.15, 0.2) is 12.1 Å². The summed E-state index contributed by atoms with van der Waals surface area (Å²) in [6.07, 6.45) is 3.11. The van der Waals surface area contributed by atoms with Gasteiger partial charge in [0.05, 0.1) is 6.54 Å². The molecule has 2 amide bonds. The standard InChI is InChI=1S/C19H27N3O2/c1-12-8-13(2)17(14(3)9-12)22-16(23)11-21-18(24)15-10-19(15)4-6-20-7-5-19/h8-9,15,20H,4-7,10-11H2,1-3H3,(H,21,24)(H,22,23). The first-order chi connectivity index (χ1) is 11.4. The lowest BCUT2D eigenvalue weighted by atomic mass is 9.92. The zero-order valence-electron chi connectivity index (χ0n) is 14.8. The minimum Gasteiger partial charge on any atom is -0.347 e. The van der Waals surface area contributed by atoms with E-state index in [0.29, 0.717) is 0 Å². The van der Waals surface area contributed by atoms with Crippen molar-refractivity contribution in [1.82, 2.24) is 10.6 Å². The first kappa shape index (κ1) is 17.0. The predicted octanol–water partition coefficient (Wildman–Crippen LogP) is 2.06. The Hall–Kier alpha value is -1.88. The van der Waals surface area contributed by atoms with Crippen molar-refractivity contribution in [2.75, 3.05) is 25.0 Å². The van der Waals surface area contributed by atoms with Crippen LogP contribution >= 0.6 is 0 Å². The number of benzene rings is 1. The summed E-state index contributed by atoms with van der Waals surface area (Å²) in [5, 5.41) is 9.08. The first-order valence-electron chi connectivity index (χ1n) is 8.77. The van der Waals surface area contributed by atoms with E-state index in [1.807, 2.05) is 32.9 Å². The van der Waals surface area contributed by atoms with Gasteiger partial charge in [0.1, 0.15) is 0 Å². The Kier molecular flexibility index (Phi) is 4.63. The van der Waals surface area contributed by atoms with Crippen LogP contribution in [0.25, 0.3) is 0 Å². The number of anilines is 1. The molecule has 1 saturated carbocycles. The molecule has 2 fully saturated rings. The number of hydrogen-bond donors (Lipinski definition) is 3. The average molecular weight is 329 g/mol. The van der Waals surface area contributed by atoms with Gasteiger partial charge in [-0.25, -0.2) is 0 Å². The Balaban J connectivity index is 1.51. The maximum atomic E-state index is 12.3. The number of piperidine rings is 1. The van der Waals surface area contributed by atoms with Crippen LogP contribution in [-0.2, 0) is 9.59 Å². The van der Waals surface area contributed by atoms with Crippen LogP contribution in [0.4, 0.5) is 5.69 Å². The van der Waals surface area contributed by atoms with Crippen LogP contribution in [-0.4, -0.2) is 31.4 Å². The van der Waals surface area contributed by atoms with Crippen LogP contribution in [0.3, 0.4) is 0 Å². The molecule has 1 heterocycles. The third-order valence-electron chi connectivity index (χ3n) is 5.47. The Morgan fingerprint density at radius 1 is 1.17 bits per heavy atom. The second-order valence-electron chi connectivity index (χ2n) is 7.41. The number of amides is 2. The van der Waals surface area contributed by atoms with Gasteiger partial charge in [-0.05, 0) is 69.7 Å². The van der Waals surface area contributed by atoms with Crippen molar-refractivity contribution >= 4 is 17.5 Å². The molecule has 3 N–H and O–H groups in total. The molecule has 1 unspecified atom stereocenters. The Bertz CT molecular complexity index is 640. The maximum Gasteiger partial charge on any atom is 0.243 e. The van der Waals surface area contributed by atoms with Crippen molar-refractivity contribution in [3.8, 4) is 0 Å². The highest BCUT2D eigenvalue weighted by Crippen LogP contribution is 2.58. The number of nitrogens with one attached hydrogen (secondary N) is 3. The van der Waals surface area contributed by atoms with Gasteiger partial charge in [-0.1, -0.05) is 17.7 Å². The molecule has 0 radical (unpaired) electrons. The highest BCUT2D eigenvalue weighted by atomic mass is 16.2. The van der Waals surface area contributed by atoms with Gasteiger partial charge in [0, 0.05) is 11.6 Å². The van der Waals surface area contributed by atoms with E-state index >= 15 is 0 Å². The number of carbonyl (C=O) groups is 2. The van der Waals surface area contributed by atoms with Gasteiger partial charge in [0.25, 0.3) is 0 Å². The third-order valence-corrected chi connectivity index (χ3v) is 5.47. The number of aryl methyl sites for hydroxylation is 3. The van der Waals surface area contributed by atoms with Crippen molar-refractivity contribution in [3.63, 3.8) is 0 Å². The van der Waals surface area contributed by atoms with Gasteiger partial charge in [-0.2, -0.15) is 0 Å². The molecule has 3 rings (SSSR count). The third kappa shape index (κ3) is 3.46. The molecule has 5 heteroatoms. The van der Waals surface area contributed by atoms with Gasteiger partial charge in [-0.3, -0.25) is 9.59 Å². The molecule has 5 nitrogen and oxygen atoms in total. The van der Waals surface area contributed by atoms with E-state index in [4.69, 9.17) is 0 Å². The van der Waals surface area contributed by atoms with Crippen LogP contribution < -0.4 is 16.0 Å². The highest BCUT2D eigenvalue weighted by molar-refractivity contribution is 5.96. The highest BCUT2D eigenvalue weighted by Gasteiger charge is 2.57. The lowest BCUT2D eigenvalue weighted by molar-refractivity contribution is -0.125.